The molecule has 0 saturated carbocycles. The Morgan fingerprint density at radius 2 is 1.75 bits per heavy atom. The molecule has 0 spiro atoms. The molecule has 16 heavy (non-hydrogen) atoms. The van der Waals surface area contributed by atoms with Crippen LogP contribution in [0, 0.1) is 5.92 Å². The van der Waals surface area contributed by atoms with Gasteiger partial charge in [0, 0.05) is 13.1 Å². The monoisotopic (exact) mass is 238 g/mol. The highest BCUT2D eigenvalue weighted by molar-refractivity contribution is 5.82. The molecule has 1 heterocycles. The fourth-order valence-corrected chi connectivity index (χ4v) is 1.74. The van der Waals surface area contributed by atoms with E-state index in [0.717, 1.165) is 26.2 Å². The molecule has 3 nitrogen and oxygen atoms in total. The van der Waals surface area contributed by atoms with E-state index >= 15 is 0 Å². The van der Waals surface area contributed by atoms with Crippen molar-refractivity contribution >= 4 is 5.91 Å². The van der Waals surface area contributed by atoms with E-state index in [4.69, 9.17) is 5.73 Å². The predicted octanol–water partition coefficient (Wildman–Crippen LogP) is 1.52. The maximum absolute atomic E-state index is 12.4. The Balaban J connectivity index is 2.58. The lowest BCUT2D eigenvalue weighted by Crippen LogP contribution is -2.51. The molecule has 0 radical (unpaired) electrons. The molecule has 0 bridgehead atoms. The van der Waals surface area contributed by atoms with Gasteiger partial charge in [0.05, 0.1) is 12.0 Å². The lowest BCUT2D eigenvalue weighted by atomic mass is 10.00. The number of hydrogen-bond acceptors (Lipinski definition) is 2. The van der Waals surface area contributed by atoms with Crippen LogP contribution < -0.4 is 5.73 Å². The third-order valence-electron chi connectivity index (χ3n) is 3.01. The van der Waals surface area contributed by atoms with Crippen LogP contribution in [0.1, 0.15) is 26.2 Å². The molecule has 1 aliphatic rings. The average Bonchev–Trinajstić information content (AvgIpc) is 2.26. The highest BCUT2D eigenvalue weighted by Gasteiger charge is 2.43. The van der Waals surface area contributed by atoms with Crippen LogP contribution in [0.25, 0.3) is 0 Å². The molecular weight excluding hydrogens is 221 g/mol. The minimum absolute atomic E-state index is 0.525. The molecule has 2 atom stereocenters. The van der Waals surface area contributed by atoms with Crippen LogP contribution in [0.3, 0.4) is 0 Å². The number of carbonyl (C=O) groups is 1. The summed E-state index contributed by atoms with van der Waals surface area (Å²) >= 11 is 0. The number of likely N-dealkylation sites (tertiary alicyclic amines) is 1. The van der Waals surface area contributed by atoms with Gasteiger partial charge in [-0.15, -0.1) is 0 Å². The Labute approximate surface area is 92.8 Å². The number of amides is 1. The molecule has 1 fully saturated rings. The standard InChI is InChI=1S/C10H17F3N2O/c1-7(10(11,12)13)8(14)9(16)15-5-3-2-4-6-15/h7-8H,2-6,14H2,1H3/t7?,8-/m1/s1. The van der Waals surface area contributed by atoms with Crippen molar-refractivity contribution in [1.82, 2.24) is 4.90 Å². The summed E-state index contributed by atoms with van der Waals surface area (Å²) in [4.78, 5) is 13.1. The zero-order valence-corrected chi connectivity index (χ0v) is 9.26. The summed E-state index contributed by atoms with van der Waals surface area (Å²) in [6.07, 6.45) is -1.70. The van der Waals surface area contributed by atoms with Crippen molar-refractivity contribution in [3.63, 3.8) is 0 Å². The zero-order chi connectivity index (χ0) is 12.3. The van der Waals surface area contributed by atoms with E-state index in [1.165, 1.54) is 4.90 Å². The van der Waals surface area contributed by atoms with Crippen LogP contribution in [-0.2, 0) is 4.79 Å². The van der Waals surface area contributed by atoms with Gasteiger partial charge >= 0.3 is 6.18 Å². The first-order valence-corrected chi connectivity index (χ1v) is 5.45. The van der Waals surface area contributed by atoms with E-state index in [-0.39, 0.29) is 0 Å². The lowest BCUT2D eigenvalue weighted by Gasteiger charge is -2.31. The molecule has 0 aromatic rings. The van der Waals surface area contributed by atoms with Gasteiger partial charge in [0.2, 0.25) is 5.91 Å². The smallest absolute Gasteiger partial charge is 0.341 e. The number of piperidine rings is 1. The Hall–Kier alpha value is -0.780. The van der Waals surface area contributed by atoms with E-state index in [9.17, 15) is 18.0 Å². The van der Waals surface area contributed by atoms with Crippen molar-refractivity contribution in [1.29, 1.82) is 0 Å². The normalized spacial score (nSPS) is 21.7. The zero-order valence-electron chi connectivity index (χ0n) is 9.26. The molecule has 0 aromatic heterocycles. The molecule has 6 heteroatoms. The van der Waals surface area contributed by atoms with Gasteiger partial charge < -0.3 is 10.6 Å². The van der Waals surface area contributed by atoms with Crippen molar-refractivity contribution in [3.05, 3.63) is 0 Å². The second-order valence-electron chi connectivity index (χ2n) is 4.24. The number of alkyl halides is 3. The second kappa shape index (κ2) is 5.03. The van der Waals surface area contributed by atoms with Crippen molar-refractivity contribution in [2.24, 2.45) is 11.7 Å². The average molecular weight is 238 g/mol. The van der Waals surface area contributed by atoms with Gasteiger partial charge in [0.15, 0.2) is 0 Å². The maximum Gasteiger partial charge on any atom is 0.393 e. The molecule has 2 N–H and O–H groups in total. The summed E-state index contributed by atoms with van der Waals surface area (Å²) in [7, 11) is 0. The van der Waals surface area contributed by atoms with Crippen molar-refractivity contribution in [2.45, 2.75) is 38.4 Å². The molecule has 0 aromatic carbocycles. The topological polar surface area (TPSA) is 46.3 Å². The molecule has 1 amide bonds. The fraction of sp³-hybridized carbons (Fsp3) is 0.900. The van der Waals surface area contributed by atoms with E-state index in [0.29, 0.717) is 13.1 Å². The first-order valence-electron chi connectivity index (χ1n) is 5.45. The number of nitrogens with two attached hydrogens (primary N) is 1. The largest absolute Gasteiger partial charge is 0.393 e. The quantitative estimate of drug-likeness (QED) is 0.793. The van der Waals surface area contributed by atoms with Crippen LogP contribution in [0.4, 0.5) is 13.2 Å². The van der Waals surface area contributed by atoms with Crippen LogP contribution in [-0.4, -0.2) is 36.1 Å². The van der Waals surface area contributed by atoms with Crippen molar-refractivity contribution < 1.29 is 18.0 Å². The fourth-order valence-electron chi connectivity index (χ4n) is 1.74. The van der Waals surface area contributed by atoms with Gasteiger partial charge in [-0.05, 0) is 19.3 Å². The molecule has 1 saturated heterocycles. The first-order chi connectivity index (χ1) is 7.34. The molecule has 1 aliphatic heterocycles. The van der Waals surface area contributed by atoms with E-state index < -0.39 is 24.0 Å². The molecule has 1 unspecified atom stereocenters. The summed E-state index contributed by atoms with van der Waals surface area (Å²) in [5, 5.41) is 0. The summed E-state index contributed by atoms with van der Waals surface area (Å²) in [5.74, 6) is -2.37. The third-order valence-corrected chi connectivity index (χ3v) is 3.01. The SMILES string of the molecule is CC([C@@H](N)C(=O)N1CCCCC1)C(F)(F)F. The van der Waals surface area contributed by atoms with Gasteiger partial charge in [-0.1, -0.05) is 6.92 Å². The highest BCUT2D eigenvalue weighted by Crippen LogP contribution is 2.28. The summed E-state index contributed by atoms with van der Waals surface area (Å²) in [6, 6.07) is -1.47. The number of halogens is 3. The Kier molecular flexibility index (Phi) is 4.18. The highest BCUT2D eigenvalue weighted by atomic mass is 19.4. The van der Waals surface area contributed by atoms with E-state index in [1.807, 2.05) is 0 Å². The number of hydrogen-bond donors (Lipinski definition) is 1. The van der Waals surface area contributed by atoms with E-state index in [2.05, 4.69) is 0 Å². The predicted molar refractivity (Wildman–Crippen MR) is 53.6 cm³/mol. The lowest BCUT2D eigenvalue weighted by molar-refractivity contribution is -0.180. The number of nitrogens with zero attached hydrogens (tertiary/aromatic N) is 1. The van der Waals surface area contributed by atoms with Crippen LogP contribution in [0.5, 0.6) is 0 Å². The Morgan fingerprint density at radius 3 is 2.19 bits per heavy atom. The summed E-state index contributed by atoms with van der Waals surface area (Å²) in [6.45, 7) is 2.00. The van der Waals surface area contributed by atoms with Gasteiger partial charge in [-0.2, -0.15) is 13.2 Å². The number of rotatable bonds is 2. The third kappa shape index (κ3) is 3.10. The molecule has 0 aliphatic carbocycles. The number of carbonyl (C=O) groups excluding carboxylic acids is 1. The minimum Gasteiger partial charge on any atom is -0.341 e. The second-order valence-corrected chi connectivity index (χ2v) is 4.24. The molecule has 1 rings (SSSR count). The Bertz CT molecular complexity index is 249. The minimum atomic E-state index is -4.41. The van der Waals surface area contributed by atoms with Gasteiger partial charge in [0.1, 0.15) is 0 Å². The van der Waals surface area contributed by atoms with Gasteiger partial charge in [-0.3, -0.25) is 4.79 Å². The van der Waals surface area contributed by atoms with Crippen molar-refractivity contribution in [3.8, 4) is 0 Å². The van der Waals surface area contributed by atoms with Crippen LogP contribution >= 0.6 is 0 Å². The van der Waals surface area contributed by atoms with E-state index in [1.54, 1.807) is 0 Å². The molecule has 94 valence electrons. The van der Waals surface area contributed by atoms with Gasteiger partial charge in [-0.25, -0.2) is 0 Å². The van der Waals surface area contributed by atoms with Crippen molar-refractivity contribution in [2.75, 3.05) is 13.1 Å². The first kappa shape index (κ1) is 13.3. The summed E-state index contributed by atoms with van der Waals surface area (Å²) < 4.78 is 37.1. The maximum atomic E-state index is 12.4. The van der Waals surface area contributed by atoms with Gasteiger partial charge in [0.25, 0.3) is 0 Å². The molecular formula is C10H17F3N2O. The van der Waals surface area contributed by atoms with Crippen LogP contribution in [0.2, 0.25) is 0 Å². The van der Waals surface area contributed by atoms with Crippen LogP contribution in [0.15, 0.2) is 0 Å². The summed E-state index contributed by atoms with van der Waals surface area (Å²) in [5.41, 5.74) is 5.37. The Morgan fingerprint density at radius 1 is 1.25 bits per heavy atom.